The van der Waals surface area contributed by atoms with Crippen LogP contribution in [0.2, 0.25) is 0 Å². The molecule has 3 heterocycles. The number of rotatable bonds is 5. The molecule has 0 fully saturated rings. The van der Waals surface area contributed by atoms with E-state index >= 15 is 0 Å². The molecule has 0 bridgehead atoms. The van der Waals surface area contributed by atoms with Crippen molar-refractivity contribution in [2.24, 2.45) is 0 Å². The number of hydrogen-bond acceptors (Lipinski definition) is 7. The molecule has 0 aliphatic carbocycles. The van der Waals surface area contributed by atoms with Gasteiger partial charge in [-0.3, -0.25) is 9.48 Å². The van der Waals surface area contributed by atoms with E-state index in [1.165, 1.54) is 19.9 Å². The minimum Gasteiger partial charge on any atom is -0.454 e. The summed E-state index contributed by atoms with van der Waals surface area (Å²) in [7, 11) is -4.11. The van der Waals surface area contributed by atoms with E-state index in [0.717, 1.165) is 4.47 Å². The first kappa shape index (κ1) is 17.4. The quantitative estimate of drug-likeness (QED) is 0.659. The molecule has 0 spiro atoms. The first-order chi connectivity index (χ1) is 11.8. The van der Waals surface area contributed by atoms with Crippen molar-refractivity contribution in [3.63, 3.8) is 0 Å². The van der Waals surface area contributed by atoms with Gasteiger partial charge in [0.1, 0.15) is 11.5 Å². The highest BCUT2D eigenvalue weighted by atomic mass is 79.9. The first-order valence-electron chi connectivity index (χ1n) is 7.03. The van der Waals surface area contributed by atoms with Gasteiger partial charge in [0.2, 0.25) is 0 Å². The van der Waals surface area contributed by atoms with Crippen molar-refractivity contribution >= 4 is 31.9 Å². The molecule has 1 N–H and O–H groups in total. The largest absolute Gasteiger partial charge is 0.454 e. The molecule has 9 nitrogen and oxygen atoms in total. The monoisotopic (exact) mass is 428 g/mol. The zero-order valence-electron chi connectivity index (χ0n) is 13.2. The van der Waals surface area contributed by atoms with Crippen LogP contribution >= 0.6 is 15.9 Å². The fourth-order valence-corrected chi connectivity index (χ4v) is 3.87. The molecule has 3 aromatic rings. The standard InChI is InChI=1S/C14H13BrN4O5S/c1-8-13(9(2)24-17-8)25(21,22)18-14(20)12-4-3-11(23-12)7-19-6-10(15)5-16-19/h3-6H,7H2,1-2H3,(H,18,20). The molecule has 25 heavy (non-hydrogen) atoms. The van der Waals surface area contributed by atoms with Gasteiger partial charge in [-0.15, -0.1) is 0 Å². The SMILES string of the molecule is Cc1noc(C)c1S(=O)(=O)NC(=O)c1ccc(Cn2cc(Br)cn2)o1. The lowest BCUT2D eigenvalue weighted by Crippen LogP contribution is -2.30. The highest BCUT2D eigenvalue weighted by Crippen LogP contribution is 2.19. The third-order valence-corrected chi connectivity index (χ3v) is 5.25. The number of nitrogens with zero attached hydrogens (tertiary/aromatic N) is 3. The van der Waals surface area contributed by atoms with E-state index in [1.807, 2.05) is 4.72 Å². The van der Waals surface area contributed by atoms with Crippen LogP contribution in [0.5, 0.6) is 0 Å². The fraction of sp³-hybridized carbons (Fsp3) is 0.214. The number of aromatic nitrogens is 3. The molecule has 0 unspecified atom stereocenters. The van der Waals surface area contributed by atoms with Crippen LogP contribution < -0.4 is 4.72 Å². The van der Waals surface area contributed by atoms with Crippen molar-refractivity contribution in [3.8, 4) is 0 Å². The van der Waals surface area contributed by atoms with Gasteiger partial charge in [0.05, 0.1) is 17.2 Å². The van der Waals surface area contributed by atoms with Crippen LogP contribution in [-0.4, -0.2) is 29.3 Å². The molecule has 132 valence electrons. The Morgan fingerprint density at radius 1 is 1.36 bits per heavy atom. The summed E-state index contributed by atoms with van der Waals surface area (Å²) in [6.45, 7) is 3.23. The van der Waals surface area contributed by atoms with Crippen LogP contribution in [0, 0.1) is 13.8 Å². The van der Waals surface area contributed by atoms with Gasteiger partial charge < -0.3 is 8.94 Å². The summed E-state index contributed by atoms with van der Waals surface area (Å²) in [6, 6.07) is 2.97. The lowest BCUT2D eigenvalue weighted by atomic mass is 10.4. The fourth-order valence-electron chi connectivity index (χ4n) is 2.25. The number of nitrogens with one attached hydrogen (secondary N) is 1. The third kappa shape index (κ3) is 3.66. The molecule has 0 radical (unpaired) electrons. The Hall–Kier alpha value is -2.40. The summed E-state index contributed by atoms with van der Waals surface area (Å²) >= 11 is 3.28. The molecule has 0 atom stereocenters. The molecule has 1 amide bonds. The molecular weight excluding hydrogens is 416 g/mol. The van der Waals surface area contributed by atoms with E-state index < -0.39 is 15.9 Å². The third-order valence-electron chi connectivity index (χ3n) is 3.27. The number of aryl methyl sites for hydroxylation is 2. The van der Waals surface area contributed by atoms with E-state index in [9.17, 15) is 13.2 Å². The van der Waals surface area contributed by atoms with E-state index in [-0.39, 0.29) is 22.1 Å². The Labute approximate surface area is 151 Å². The van der Waals surface area contributed by atoms with E-state index in [0.29, 0.717) is 12.3 Å². The number of carbonyl (C=O) groups is 1. The predicted molar refractivity (Wildman–Crippen MR) is 88.4 cm³/mol. The number of carbonyl (C=O) groups excluding carboxylic acids is 1. The van der Waals surface area contributed by atoms with Gasteiger partial charge in [-0.1, -0.05) is 5.16 Å². The van der Waals surface area contributed by atoms with Crippen molar-refractivity contribution in [1.29, 1.82) is 0 Å². The zero-order chi connectivity index (χ0) is 18.2. The van der Waals surface area contributed by atoms with Crippen LogP contribution in [0.25, 0.3) is 0 Å². The lowest BCUT2D eigenvalue weighted by Gasteiger charge is -2.04. The van der Waals surface area contributed by atoms with Gasteiger partial charge in [0.15, 0.2) is 16.4 Å². The maximum atomic E-state index is 12.3. The van der Waals surface area contributed by atoms with E-state index in [4.69, 9.17) is 8.94 Å². The average molecular weight is 429 g/mol. The Balaban J connectivity index is 1.76. The maximum Gasteiger partial charge on any atom is 0.300 e. The molecular formula is C14H13BrN4O5S. The molecule has 0 saturated carbocycles. The number of sulfonamides is 1. The second kappa shape index (κ2) is 6.48. The van der Waals surface area contributed by atoms with Crippen LogP contribution in [0.4, 0.5) is 0 Å². The lowest BCUT2D eigenvalue weighted by molar-refractivity contribution is 0.0952. The highest BCUT2D eigenvalue weighted by Gasteiger charge is 2.27. The summed E-state index contributed by atoms with van der Waals surface area (Å²) in [5.41, 5.74) is 0.169. The Morgan fingerprint density at radius 3 is 2.72 bits per heavy atom. The van der Waals surface area contributed by atoms with Crippen molar-refractivity contribution in [2.75, 3.05) is 0 Å². The maximum absolute atomic E-state index is 12.3. The van der Waals surface area contributed by atoms with E-state index in [1.54, 1.807) is 23.1 Å². The van der Waals surface area contributed by atoms with Gasteiger partial charge >= 0.3 is 5.91 Å². The van der Waals surface area contributed by atoms with Crippen LogP contribution in [0.1, 0.15) is 27.8 Å². The molecule has 0 aromatic carbocycles. The first-order valence-corrected chi connectivity index (χ1v) is 9.30. The summed E-state index contributed by atoms with van der Waals surface area (Å²) in [5, 5.41) is 7.65. The second-order valence-corrected chi connectivity index (χ2v) is 7.74. The number of halogens is 1. The molecule has 3 aromatic heterocycles. The number of amides is 1. The van der Waals surface area contributed by atoms with Crippen molar-refractivity contribution in [1.82, 2.24) is 19.7 Å². The Bertz CT molecular complexity index is 1010. The summed E-state index contributed by atoms with van der Waals surface area (Å²) in [5.74, 6) is -0.456. The van der Waals surface area contributed by atoms with Crippen LogP contribution in [0.15, 0.2) is 42.8 Å². The molecule has 11 heteroatoms. The molecule has 3 rings (SSSR count). The van der Waals surface area contributed by atoms with Crippen molar-refractivity contribution in [3.05, 3.63) is 52.0 Å². The minimum absolute atomic E-state index is 0.0993. The van der Waals surface area contributed by atoms with Crippen LogP contribution in [-0.2, 0) is 16.6 Å². The van der Waals surface area contributed by atoms with Gasteiger partial charge in [-0.05, 0) is 41.9 Å². The van der Waals surface area contributed by atoms with Gasteiger partial charge in [-0.25, -0.2) is 13.1 Å². The van der Waals surface area contributed by atoms with Gasteiger partial charge in [-0.2, -0.15) is 5.10 Å². The van der Waals surface area contributed by atoms with Gasteiger partial charge in [0.25, 0.3) is 10.0 Å². The molecule has 0 saturated heterocycles. The van der Waals surface area contributed by atoms with E-state index in [2.05, 4.69) is 26.2 Å². The van der Waals surface area contributed by atoms with Crippen molar-refractivity contribution < 1.29 is 22.2 Å². The molecule has 0 aliphatic rings. The summed E-state index contributed by atoms with van der Waals surface area (Å²) in [6.07, 6.45) is 3.36. The minimum atomic E-state index is -4.11. The van der Waals surface area contributed by atoms with Crippen LogP contribution in [0.3, 0.4) is 0 Å². The average Bonchev–Trinajstić information content (AvgIpc) is 3.21. The van der Waals surface area contributed by atoms with Crippen molar-refractivity contribution in [2.45, 2.75) is 25.3 Å². The molecule has 0 aliphatic heterocycles. The topological polar surface area (TPSA) is 120 Å². The predicted octanol–water partition coefficient (Wildman–Crippen LogP) is 2.01. The number of furan rings is 1. The number of hydrogen-bond donors (Lipinski definition) is 1. The zero-order valence-corrected chi connectivity index (χ0v) is 15.6. The van der Waals surface area contributed by atoms with Gasteiger partial charge in [0, 0.05) is 6.20 Å². The smallest absolute Gasteiger partial charge is 0.300 e. The Morgan fingerprint density at radius 2 is 2.12 bits per heavy atom. The summed E-state index contributed by atoms with van der Waals surface area (Å²) in [4.78, 5) is 12.0. The highest BCUT2D eigenvalue weighted by molar-refractivity contribution is 9.10. The normalized spacial score (nSPS) is 11.6. The summed E-state index contributed by atoms with van der Waals surface area (Å²) < 4.78 is 39.2. The second-order valence-electron chi connectivity index (χ2n) is 5.21. The Kier molecular flexibility index (Phi) is 4.52.